The maximum Gasteiger partial charge on any atom is 0.271 e. The number of rotatable bonds is 7. The van der Waals surface area contributed by atoms with Gasteiger partial charge in [0.1, 0.15) is 5.82 Å². The summed E-state index contributed by atoms with van der Waals surface area (Å²) in [7, 11) is 0. The van der Waals surface area contributed by atoms with Gasteiger partial charge in [0.25, 0.3) is 5.91 Å². The van der Waals surface area contributed by atoms with Crippen molar-refractivity contribution in [2.24, 2.45) is 11.3 Å². The summed E-state index contributed by atoms with van der Waals surface area (Å²) >= 11 is 0. The summed E-state index contributed by atoms with van der Waals surface area (Å²) in [6, 6.07) is 10.1. The number of aliphatic hydroxyl groups is 1. The number of aliphatic hydroxyl groups excluding tert-OH is 1. The van der Waals surface area contributed by atoms with E-state index in [9.17, 15) is 9.90 Å². The van der Waals surface area contributed by atoms with Gasteiger partial charge in [-0.15, -0.1) is 0 Å². The number of aromatic nitrogens is 2. The van der Waals surface area contributed by atoms with Gasteiger partial charge in [-0.1, -0.05) is 44.2 Å². The molecular weight excluding hydrogens is 352 g/mol. The van der Waals surface area contributed by atoms with Gasteiger partial charge in [0, 0.05) is 50.3 Å². The molecule has 0 atom stereocenters. The number of nitrogens with zero attached hydrogens (tertiary/aromatic N) is 3. The lowest BCUT2D eigenvalue weighted by molar-refractivity contribution is 0.0903. The van der Waals surface area contributed by atoms with Crippen molar-refractivity contribution in [1.82, 2.24) is 19.8 Å². The standard InChI is InChI=1S/C22H30N4O2/c1-22(2,15-27)14-23-21(28)19-18-13-25(12-16-8-9-16)10-11-26(18)20(24-19)17-6-4-3-5-7-17/h3-7,16,27H,8-15H2,1-2H3,(H,23,28). The number of hydrogen-bond acceptors (Lipinski definition) is 4. The van der Waals surface area contributed by atoms with E-state index in [1.165, 1.54) is 12.8 Å². The van der Waals surface area contributed by atoms with Crippen LogP contribution in [0.4, 0.5) is 0 Å². The SMILES string of the molecule is CC(C)(CO)CNC(=O)c1nc(-c2ccccc2)n2c1CN(CC1CC1)CC2. The average Bonchev–Trinajstić information content (AvgIpc) is 3.44. The second kappa shape index (κ2) is 7.68. The third-order valence-corrected chi connectivity index (χ3v) is 5.70. The van der Waals surface area contributed by atoms with E-state index in [2.05, 4.69) is 14.8 Å². The van der Waals surface area contributed by atoms with Crippen molar-refractivity contribution in [3.05, 3.63) is 41.7 Å². The fraction of sp³-hybridized carbons (Fsp3) is 0.545. The molecule has 1 aromatic heterocycles. The molecule has 150 valence electrons. The Labute approximate surface area is 166 Å². The summed E-state index contributed by atoms with van der Waals surface area (Å²) in [6.45, 7) is 8.05. The maximum atomic E-state index is 13.0. The first-order chi connectivity index (χ1) is 13.5. The second-order valence-electron chi connectivity index (χ2n) is 8.93. The number of fused-ring (bicyclic) bond motifs is 1. The zero-order valence-corrected chi connectivity index (χ0v) is 16.8. The molecule has 2 aliphatic rings. The highest BCUT2D eigenvalue weighted by atomic mass is 16.3. The van der Waals surface area contributed by atoms with E-state index in [0.717, 1.165) is 49.2 Å². The van der Waals surface area contributed by atoms with Gasteiger partial charge >= 0.3 is 0 Å². The predicted octanol–water partition coefficient (Wildman–Crippen LogP) is 2.52. The number of carbonyl (C=O) groups excluding carboxylic acids is 1. The number of nitrogens with one attached hydrogen (secondary N) is 1. The number of amides is 1. The molecule has 1 fully saturated rings. The minimum atomic E-state index is -0.351. The first kappa shape index (κ1) is 19.2. The van der Waals surface area contributed by atoms with Gasteiger partial charge in [0.15, 0.2) is 5.69 Å². The molecule has 2 aromatic rings. The van der Waals surface area contributed by atoms with Crippen LogP contribution in [0, 0.1) is 11.3 Å². The highest BCUT2D eigenvalue weighted by Crippen LogP contribution is 2.32. The first-order valence-corrected chi connectivity index (χ1v) is 10.2. The summed E-state index contributed by atoms with van der Waals surface area (Å²) < 4.78 is 2.21. The van der Waals surface area contributed by atoms with Crippen LogP contribution in [0.15, 0.2) is 30.3 Å². The van der Waals surface area contributed by atoms with Crippen molar-refractivity contribution in [3.63, 3.8) is 0 Å². The van der Waals surface area contributed by atoms with Crippen LogP contribution in [-0.4, -0.2) is 51.7 Å². The molecule has 2 heterocycles. The van der Waals surface area contributed by atoms with Gasteiger partial charge in [-0.2, -0.15) is 0 Å². The molecule has 0 spiro atoms. The summed E-state index contributed by atoms with van der Waals surface area (Å²) in [4.78, 5) is 20.2. The van der Waals surface area contributed by atoms with Crippen LogP contribution in [0.2, 0.25) is 0 Å². The van der Waals surface area contributed by atoms with Crippen molar-refractivity contribution >= 4 is 5.91 Å². The summed E-state index contributed by atoms with van der Waals surface area (Å²) in [5, 5.41) is 12.4. The molecule has 0 saturated heterocycles. The molecule has 0 unspecified atom stereocenters. The monoisotopic (exact) mass is 382 g/mol. The number of imidazole rings is 1. The van der Waals surface area contributed by atoms with Crippen molar-refractivity contribution < 1.29 is 9.90 Å². The quantitative estimate of drug-likeness (QED) is 0.772. The van der Waals surface area contributed by atoms with Crippen molar-refractivity contribution in [2.45, 2.75) is 39.8 Å². The molecule has 1 amide bonds. The Morgan fingerprint density at radius 1 is 1.25 bits per heavy atom. The molecule has 0 radical (unpaired) electrons. The number of benzene rings is 1. The minimum absolute atomic E-state index is 0.0268. The average molecular weight is 383 g/mol. The van der Waals surface area contributed by atoms with Crippen LogP contribution < -0.4 is 5.32 Å². The molecular formula is C22H30N4O2. The van der Waals surface area contributed by atoms with Gasteiger partial charge in [-0.05, 0) is 18.8 Å². The zero-order chi connectivity index (χ0) is 19.7. The highest BCUT2D eigenvalue weighted by Gasteiger charge is 2.31. The Morgan fingerprint density at radius 2 is 2.00 bits per heavy atom. The molecule has 0 bridgehead atoms. The molecule has 1 saturated carbocycles. The lowest BCUT2D eigenvalue weighted by Gasteiger charge is -2.29. The molecule has 28 heavy (non-hydrogen) atoms. The largest absolute Gasteiger partial charge is 0.396 e. The third kappa shape index (κ3) is 4.13. The van der Waals surface area contributed by atoms with Crippen molar-refractivity contribution in [1.29, 1.82) is 0 Å². The maximum absolute atomic E-state index is 13.0. The lowest BCUT2D eigenvalue weighted by Crippen LogP contribution is -2.38. The molecule has 1 aromatic carbocycles. The van der Waals surface area contributed by atoms with Crippen LogP contribution in [0.1, 0.15) is 42.9 Å². The van der Waals surface area contributed by atoms with Crippen molar-refractivity contribution in [3.8, 4) is 11.4 Å². The fourth-order valence-corrected chi connectivity index (χ4v) is 3.69. The second-order valence-corrected chi connectivity index (χ2v) is 8.93. The van der Waals surface area contributed by atoms with E-state index < -0.39 is 0 Å². The van der Waals surface area contributed by atoms with Crippen LogP contribution in [-0.2, 0) is 13.1 Å². The molecule has 6 heteroatoms. The van der Waals surface area contributed by atoms with Gasteiger partial charge in [-0.25, -0.2) is 4.98 Å². The first-order valence-electron chi connectivity index (χ1n) is 10.2. The van der Waals surface area contributed by atoms with Crippen molar-refractivity contribution in [2.75, 3.05) is 26.2 Å². The molecule has 4 rings (SSSR count). The normalized spacial score (nSPS) is 17.4. The molecule has 6 nitrogen and oxygen atoms in total. The Bertz CT molecular complexity index is 840. The Balaban J connectivity index is 1.63. The van der Waals surface area contributed by atoms with E-state index in [0.29, 0.717) is 12.2 Å². The molecule has 1 aliphatic carbocycles. The van der Waals surface area contributed by atoms with Gasteiger partial charge in [0.05, 0.1) is 5.69 Å². The van der Waals surface area contributed by atoms with Crippen LogP contribution in [0.25, 0.3) is 11.4 Å². The van der Waals surface area contributed by atoms with Crippen LogP contribution >= 0.6 is 0 Å². The van der Waals surface area contributed by atoms with Gasteiger partial charge in [0.2, 0.25) is 0 Å². The summed E-state index contributed by atoms with van der Waals surface area (Å²) in [5.74, 6) is 1.54. The third-order valence-electron chi connectivity index (χ3n) is 5.70. The Kier molecular flexibility index (Phi) is 5.25. The minimum Gasteiger partial charge on any atom is -0.396 e. The number of hydrogen-bond donors (Lipinski definition) is 2. The van der Waals surface area contributed by atoms with E-state index in [-0.39, 0.29) is 17.9 Å². The van der Waals surface area contributed by atoms with Gasteiger partial charge in [-0.3, -0.25) is 9.69 Å². The zero-order valence-electron chi connectivity index (χ0n) is 16.8. The summed E-state index contributed by atoms with van der Waals surface area (Å²) in [6.07, 6.45) is 2.66. The lowest BCUT2D eigenvalue weighted by atomic mass is 9.95. The van der Waals surface area contributed by atoms with E-state index in [1.807, 2.05) is 44.2 Å². The molecule has 1 aliphatic heterocycles. The van der Waals surface area contributed by atoms with E-state index >= 15 is 0 Å². The highest BCUT2D eigenvalue weighted by molar-refractivity contribution is 5.94. The fourth-order valence-electron chi connectivity index (χ4n) is 3.69. The smallest absolute Gasteiger partial charge is 0.271 e. The van der Waals surface area contributed by atoms with E-state index in [4.69, 9.17) is 4.98 Å². The van der Waals surface area contributed by atoms with Crippen LogP contribution in [0.5, 0.6) is 0 Å². The molecule has 2 N–H and O–H groups in total. The predicted molar refractivity (Wildman–Crippen MR) is 109 cm³/mol. The van der Waals surface area contributed by atoms with Gasteiger partial charge < -0.3 is 15.0 Å². The Morgan fingerprint density at radius 3 is 2.68 bits per heavy atom. The topological polar surface area (TPSA) is 70.4 Å². The van der Waals surface area contributed by atoms with E-state index in [1.54, 1.807) is 0 Å². The summed E-state index contributed by atoms with van der Waals surface area (Å²) in [5.41, 5.74) is 2.21. The van der Waals surface area contributed by atoms with Crippen LogP contribution in [0.3, 0.4) is 0 Å². The number of carbonyl (C=O) groups is 1. The Hall–Kier alpha value is -2.18.